The van der Waals surface area contributed by atoms with E-state index in [1.54, 1.807) is 87.5 Å². The first kappa shape index (κ1) is 55.3. The summed E-state index contributed by atoms with van der Waals surface area (Å²) in [5, 5.41) is 1.65. The van der Waals surface area contributed by atoms with Crippen molar-refractivity contribution in [2.24, 2.45) is 16.2 Å². The number of rotatable bonds is 0. The van der Waals surface area contributed by atoms with Gasteiger partial charge in [-0.25, -0.2) is 37.5 Å². The zero-order chi connectivity index (χ0) is 57.5. The molecule has 0 radical (unpaired) electrons. The molecule has 12 rings (SSSR count). The molecule has 5 aromatic heterocycles. The molecule has 0 fully saturated rings. The lowest BCUT2D eigenvalue weighted by Gasteiger charge is -2.31. The third-order valence-electron chi connectivity index (χ3n) is 14.8. The Labute approximate surface area is 464 Å². The molecule has 4 aromatic carbocycles. The van der Waals surface area contributed by atoms with E-state index in [9.17, 15) is 36.3 Å². The van der Waals surface area contributed by atoms with Crippen LogP contribution in [-0.4, -0.2) is 38.6 Å². The van der Waals surface area contributed by atoms with Gasteiger partial charge in [-0.15, -0.1) is 0 Å². The Morgan fingerprint density at radius 3 is 1.31 bits per heavy atom. The van der Waals surface area contributed by atoms with Crippen LogP contribution in [0.1, 0.15) is 117 Å². The third-order valence-corrected chi connectivity index (χ3v) is 14.8. The monoisotopic (exact) mass is 1090 g/mol. The summed E-state index contributed by atoms with van der Waals surface area (Å²) in [5.41, 5.74) is 4.04. The third kappa shape index (κ3) is 12.1. The molecule has 16 heteroatoms. The van der Waals surface area contributed by atoms with E-state index in [1.165, 1.54) is 18.2 Å². The van der Waals surface area contributed by atoms with Crippen molar-refractivity contribution in [2.75, 3.05) is 0 Å². The van der Waals surface area contributed by atoms with Crippen LogP contribution in [0.15, 0.2) is 112 Å². The SMILES string of the molecule is CC1(C)CCc2nc3cc(C#Cc4c(F)cccc4F)ccc3c(=O)n2C1.CC1(C)CCc2nc3cc(C#Cc4cc(F)ncc4F)ccc3c(=O)n2C1.Cc1nccc(C#Cc2ccc3c(=O)n4c(nc3c2)CCC(C)(C)C4)c1F. The lowest BCUT2D eigenvalue weighted by atomic mass is 9.85. The van der Waals surface area contributed by atoms with E-state index < -0.39 is 29.2 Å². The van der Waals surface area contributed by atoms with E-state index >= 15 is 0 Å². The summed E-state index contributed by atoms with van der Waals surface area (Å²) in [7, 11) is 0. The molecule has 0 aliphatic carbocycles. The Morgan fingerprint density at radius 1 is 0.469 bits per heavy atom. The molecule has 0 atom stereocenters. The predicted octanol–water partition coefficient (Wildman–Crippen LogP) is 11.1. The molecule has 8 heterocycles. The fourth-order valence-corrected chi connectivity index (χ4v) is 10.2. The quantitative estimate of drug-likeness (QED) is 0.0834. The van der Waals surface area contributed by atoms with Crippen molar-refractivity contribution in [1.29, 1.82) is 0 Å². The van der Waals surface area contributed by atoms with Crippen LogP contribution < -0.4 is 16.7 Å². The molecule has 9 aromatic rings. The Hall–Kier alpha value is -9.07. The van der Waals surface area contributed by atoms with Crippen LogP contribution in [0.4, 0.5) is 22.0 Å². The molecule has 0 bridgehead atoms. The Kier molecular flexibility index (Phi) is 14.9. The van der Waals surface area contributed by atoms with Gasteiger partial charge in [-0.05, 0) is 115 Å². The highest BCUT2D eigenvalue weighted by Crippen LogP contribution is 2.32. The van der Waals surface area contributed by atoms with Gasteiger partial charge in [0.1, 0.15) is 29.1 Å². The molecule has 0 N–H and O–H groups in total. The molecule has 11 nitrogen and oxygen atoms in total. The van der Waals surface area contributed by atoms with Gasteiger partial charge in [-0.1, -0.05) is 83.1 Å². The fraction of sp³-hybridized carbons (Fsp3) is 0.292. The summed E-state index contributed by atoms with van der Waals surface area (Å²) in [6, 6.07) is 21.6. The van der Waals surface area contributed by atoms with Crippen molar-refractivity contribution in [3.63, 3.8) is 0 Å². The van der Waals surface area contributed by atoms with Gasteiger partial charge in [0.25, 0.3) is 16.7 Å². The minimum absolute atomic E-state index is 0.00177. The average Bonchev–Trinajstić information content (AvgIpc) is 3.44. The zero-order valence-corrected chi connectivity index (χ0v) is 45.8. The smallest absolute Gasteiger partial charge is 0.261 e. The van der Waals surface area contributed by atoms with E-state index in [2.05, 4.69) is 97.0 Å². The summed E-state index contributed by atoms with van der Waals surface area (Å²) in [4.78, 5) is 59.6. The molecule has 0 amide bonds. The van der Waals surface area contributed by atoms with Crippen molar-refractivity contribution < 1.29 is 22.0 Å². The predicted molar refractivity (Wildman–Crippen MR) is 302 cm³/mol. The molecule has 0 saturated heterocycles. The van der Waals surface area contributed by atoms with Crippen molar-refractivity contribution in [1.82, 2.24) is 38.6 Å². The first-order valence-electron chi connectivity index (χ1n) is 26.5. The minimum Gasteiger partial charge on any atom is -0.296 e. The number of pyridine rings is 2. The van der Waals surface area contributed by atoms with E-state index in [4.69, 9.17) is 4.98 Å². The summed E-state index contributed by atoms with van der Waals surface area (Å²) in [6.45, 7) is 16.5. The van der Waals surface area contributed by atoms with Gasteiger partial charge in [0, 0.05) is 67.9 Å². The Morgan fingerprint density at radius 2 is 0.877 bits per heavy atom. The maximum absolute atomic E-state index is 14.0. The van der Waals surface area contributed by atoms with Crippen molar-refractivity contribution >= 4 is 32.7 Å². The summed E-state index contributed by atoms with van der Waals surface area (Å²) >= 11 is 0. The molecule has 0 spiro atoms. The number of aromatic nitrogens is 8. The van der Waals surface area contributed by atoms with Crippen molar-refractivity contribution in [3.8, 4) is 35.5 Å². The van der Waals surface area contributed by atoms with Gasteiger partial charge in [0.2, 0.25) is 5.95 Å². The van der Waals surface area contributed by atoms with Crippen LogP contribution in [-0.2, 0) is 38.9 Å². The highest BCUT2D eigenvalue weighted by molar-refractivity contribution is 5.81. The summed E-state index contributed by atoms with van der Waals surface area (Å²) in [6.07, 6.45) is 7.56. The maximum Gasteiger partial charge on any atom is 0.261 e. The normalized spacial score (nSPS) is 15.1. The van der Waals surface area contributed by atoms with E-state index in [0.29, 0.717) is 80.3 Å². The minimum atomic E-state index is -0.788. The standard InChI is InChI=1S/C22H18F2N2O.C22H20FN3O.C21H17F2N3O/c1-22(2)11-10-20-25-19-12-14(7-9-16(19)21(27)26(20)13-22)6-8-15-17(23)4-3-5-18(15)24;1-14-20(23)16(9-11-24-14)6-4-15-5-7-17-18(12-15)25-19-8-10-22(2,3)13-26(19)21(17)27;1-21(2)8-7-19-25-17-9-13(4-6-15(17)20(27)26(19)12-21)3-5-14-10-18(23)24-11-16(14)22/h3-5,7,9,12H,10-11,13H2,1-2H3;5,7,9,11-12H,8,10,13H2,1-3H3;4,6,9-11H,7-8,12H2,1-2H3. The van der Waals surface area contributed by atoms with Gasteiger partial charge in [0.15, 0.2) is 11.6 Å². The largest absolute Gasteiger partial charge is 0.296 e. The number of aryl methyl sites for hydroxylation is 4. The average molecular weight is 1090 g/mol. The van der Waals surface area contributed by atoms with Crippen LogP contribution in [0.2, 0.25) is 0 Å². The number of benzene rings is 4. The van der Waals surface area contributed by atoms with Gasteiger partial charge < -0.3 is 0 Å². The molecule has 0 saturated carbocycles. The topological polar surface area (TPSA) is 130 Å². The van der Waals surface area contributed by atoms with Crippen LogP contribution >= 0.6 is 0 Å². The van der Waals surface area contributed by atoms with E-state index in [-0.39, 0.29) is 44.0 Å². The molecule has 3 aliphatic rings. The molecular formula is C65H55F5N8O3. The lowest BCUT2D eigenvalue weighted by molar-refractivity contribution is 0.240. The van der Waals surface area contributed by atoms with Gasteiger partial charge in [-0.3, -0.25) is 33.1 Å². The second-order valence-corrected chi connectivity index (χ2v) is 23.0. The van der Waals surface area contributed by atoms with Crippen LogP contribution in [0.5, 0.6) is 0 Å². The van der Waals surface area contributed by atoms with Gasteiger partial charge in [0.05, 0.1) is 61.3 Å². The highest BCUT2D eigenvalue weighted by Gasteiger charge is 2.30. The number of nitrogens with zero attached hydrogens (tertiary/aromatic N) is 8. The second-order valence-electron chi connectivity index (χ2n) is 23.0. The molecule has 81 heavy (non-hydrogen) atoms. The zero-order valence-electron chi connectivity index (χ0n) is 45.8. The first-order chi connectivity index (χ1) is 38.5. The lowest BCUT2D eigenvalue weighted by Crippen LogP contribution is -2.36. The van der Waals surface area contributed by atoms with Crippen LogP contribution in [0, 0.1) is 87.9 Å². The first-order valence-corrected chi connectivity index (χ1v) is 26.5. The van der Waals surface area contributed by atoms with Crippen molar-refractivity contribution in [2.45, 2.75) is 107 Å². The Bertz CT molecular complexity index is 4290. The number of halogens is 5. The van der Waals surface area contributed by atoms with Crippen LogP contribution in [0.3, 0.4) is 0 Å². The van der Waals surface area contributed by atoms with Gasteiger partial charge >= 0.3 is 0 Å². The summed E-state index contributed by atoms with van der Waals surface area (Å²) < 4.78 is 73.6. The Balaban J connectivity index is 0.000000136. The second kappa shape index (κ2) is 21.9. The fourth-order valence-electron chi connectivity index (χ4n) is 10.2. The van der Waals surface area contributed by atoms with E-state index in [0.717, 1.165) is 68.3 Å². The van der Waals surface area contributed by atoms with E-state index in [1.807, 2.05) is 0 Å². The number of hydrogen-bond acceptors (Lipinski definition) is 8. The molecular weight excluding hydrogens is 1040 g/mol. The number of hydrogen-bond donors (Lipinski definition) is 0. The highest BCUT2D eigenvalue weighted by atomic mass is 19.1. The molecule has 0 unspecified atom stereocenters. The van der Waals surface area contributed by atoms with Crippen LogP contribution in [0.25, 0.3) is 32.7 Å². The summed E-state index contributed by atoms with van der Waals surface area (Å²) in [5.74, 6) is 15.6. The molecule has 408 valence electrons. The number of fused-ring (bicyclic) bond motifs is 6. The van der Waals surface area contributed by atoms with Crippen molar-refractivity contribution in [3.05, 3.63) is 214 Å². The maximum atomic E-state index is 14.0. The molecule has 3 aliphatic heterocycles. The van der Waals surface area contributed by atoms with Gasteiger partial charge in [-0.2, -0.15) is 4.39 Å².